The van der Waals surface area contributed by atoms with Crippen LogP contribution < -0.4 is 11.1 Å². The van der Waals surface area contributed by atoms with Crippen LogP contribution in [0, 0.1) is 5.82 Å². The first-order chi connectivity index (χ1) is 8.82. The second-order valence-electron chi connectivity index (χ2n) is 4.65. The Bertz CT molecular complexity index is 611. The lowest BCUT2D eigenvalue weighted by molar-refractivity contribution is -0.120. The van der Waals surface area contributed by atoms with Gasteiger partial charge in [-0.2, -0.15) is 0 Å². The summed E-state index contributed by atoms with van der Waals surface area (Å²) >= 11 is 0. The number of nitrogens with two attached hydrogens (primary N) is 1. The Morgan fingerprint density at radius 3 is 2.63 bits per heavy atom. The van der Waals surface area contributed by atoms with E-state index < -0.39 is 26.8 Å². The number of hydrogen-bond donors (Lipinski definition) is 2. The number of benzene rings is 1. The highest BCUT2D eigenvalue weighted by Gasteiger charge is 2.34. The van der Waals surface area contributed by atoms with Crippen LogP contribution >= 0.6 is 0 Å². The van der Waals surface area contributed by atoms with Gasteiger partial charge in [0.05, 0.1) is 10.6 Å². The number of nitrogen functional groups attached to an aromatic ring is 1. The van der Waals surface area contributed by atoms with Crippen molar-refractivity contribution in [1.29, 1.82) is 0 Å². The van der Waals surface area contributed by atoms with Gasteiger partial charge in [0.1, 0.15) is 11.1 Å². The molecule has 0 saturated heterocycles. The van der Waals surface area contributed by atoms with E-state index in [4.69, 9.17) is 5.73 Å². The summed E-state index contributed by atoms with van der Waals surface area (Å²) in [5.41, 5.74) is 5.32. The van der Waals surface area contributed by atoms with Gasteiger partial charge >= 0.3 is 0 Å². The van der Waals surface area contributed by atoms with Crippen LogP contribution in [0.4, 0.5) is 10.1 Å². The summed E-state index contributed by atoms with van der Waals surface area (Å²) in [6.45, 7) is 1.30. The smallest absolute Gasteiger partial charge is 0.238 e. The molecule has 0 radical (unpaired) electrons. The van der Waals surface area contributed by atoms with E-state index in [2.05, 4.69) is 5.32 Å². The van der Waals surface area contributed by atoms with Crippen molar-refractivity contribution in [2.24, 2.45) is 0 Å². The van der Waals surface area contributed by atoms with Crippen molar-refractivity contribution in [3.8, 4) is 0 Å². The molecule has 104 valence electrons. The topological polar surface area (TPSA) is 89.3 Å². The minimum atomic E-state index is -3.91. The Labute approximate surface area is 110 Å². The van der Waals surface area contributed by atoms with Gasteiger partial charge in [-0.05, 0) is 38.0 Å². The van der Waals surface area contributed by atoms with Crippen LogP contribution in [0.1, 0.15) is 19.8 Å². The number of sulfone groups is 1. The van der Waals surface area contributed by atoms with Gasteiger partial charge in [0.2, 0.25) is 5.91 Å². The average molecular weight is 286 g/mol. The molecule has 0 bridgehead atoms. The second kappa shape index (κ2) is 4.80. The minimum absolute atomic E-state index is 0.0794. The number of halogens is 1. The van der Waals surface area contributed by atoms with Crippen molar-refractivity contribution in [2.45, 2.75) is 36.0 Å². The van der Waals surface area contributed by atoms with Crippen molar-refractivity contribution in [3.05, 3.63) is 24.0 Å². The monoisotopic (exact) mass is 286 g/mol. The highest BCUT2D eigenvalue weighted by atomic mass is 32.2. The molecule has 5 nitrogen and oxygen atoms in total. The number of carbonyl (C=O) groups excluding carboxylic acids is 1. The maximum atomic E-state index is 12.9. The Balaban J connectivity index is 2.27. The Morgan fingerprint density at radius 1 is 1.47 bits per heavy atom. The Kier molecular flexibility index (Phi) is 3.49. The molecule has 1 fully saturated rings. The highest BCUT2D eigenvalue weighted by molar-refractivity contribution is 7.93. The summed E-state index contributed by atoms with van der Waals surface area (Å²) < 4.78 is 37.4. The summed E-state index contributed by atoms with van der Waals surface area (Å²) in [5, 5.41) is 1.38. The molecule has 7 heteroatoms. The quantitative estimate of drug-likeness (QED) is 0.634. The van der Waals surface area contributed by atoms with E-state index in [1.165, 1.54) is 6.92 Å². The van der Waals surface area contributed by atoms with Crippen LogP contribution in [0.25, 0.3) is 0 Å². The third-order valence-electron chi connectivity index (χ3n) is 3.04. The van der Waals surface area contributed by atoms with Crippen LogP contribution in [0.3, 0.4) is 0 Å². The van der Waals surface area contributed by atoms with E-state index in [9.17, 15) is 17.6 Å². The Morgan fingerprint density at radius 2 is 2.11 bits per heavy atom. The lowest BCUT2D eigenvalue weighted by atomic mass is 10.3. The van der Waals surface area contributed by atoms with Gasteiger partial charge < -0.3 is 11.1 Å². The SMILES string of the molecule is CC(C(=O)NC1CC1)S(=O)(=O)c1ccc(F)cc1N. The number of hydrogen-bond acceptors (Lipinski definition) is 4. The summed E-state index contributed by atoms with van der Waals surface area (Å²) in [7, 11) is -3.91. The lowest BCUT2D eigenvalue weighted by Gasteiger charge is -2.14. The van der Waals surface area contributed by atoms with Crippen molar-refractivity contribution in [2.75, 3.05) is 5.73 Å². The normalized spacial score (nSPS) is 16.9. The summed E-state index contributed by atoms with van der Waals surface area (Å²) in [6, 6.07) is 3.10. The number of amides is 1. The van der Waals surface area contributed by atoms with Gasteiger partial charge in [0.15, 0.2) is 9.84 Å². The van der Waals surface area contributed by atoms with Gasteiger partial charge in [-0.1, -0.05) is 0 Å². The molecular formula is C12H15FN2O3S. The third-order valence-corrected chi connectivity index (χ3v) is 5.17. The molecule has 0 aromatic heterocycles. The largest absolute Gasteiger partial charge is 0.398 e. The Hall–Kier alpha value is -1.63. The van der Waals surface area contributed by atoms with Crippen LogP contribution in [-0.4, -0.2) is 25.6 Å². The van der Waals surface area contributed by atoms with E-state index in [-0.39, 0.29) is 16.6 Å². The maximum Gasteiger partial charge on any atom is 0.238 e. The summed E-state index contributed by atoms with van der Waals surface area (Å²) in [5.74, 6) is -1.17. The highest BCUT2D eigenvalue weighted by Crippen LogP contribution is 2.25. The molecule has 1 unspecified atom stereocenters. The fraction of sp³-hybridized carbons (Fsp3) is 0.417. The fourth-order valence-corrected chi connectivity index (χ4v) is 3.03. The average Bonchev–Trinajstić information content (AvgIpc) is 3.11. The van der Waals surface area contributed by atoms with E-state index in [0.29, 0.717) is 0 Å². The fourth-order valence-electron chi connectivity index (χ4n) is 1.66. The lowest BCUT2D eigenvalue weighted by Crippen LogP contribution is -2.39. The first kappa shape index (κ1) is 13.8. The van der Waals surface area contributed by atoms with Crippen molar-refractivity contribution in [3.63, 3.8) is 0 Å². The molecular weight excluding hydrogens is 271 g/mol. The van der Waals surface area contributed by atoms with E-state index in [1.807, 2.05) is 0 Å². The van der Waals surface area contributed by atoms with Crippen LogP contribution in [0.5, 0.6) is 0 Å². The van der Waals surface area contributed by atoms with Crippen LogP contribution in [-0.2, 0) is 14.6 Å². The third kappa shape index (κ3) is 2.86. The van der Waals surface area contributed by atoms with Gasteiger partial charge in [-0.3, -0.25) is 4.79 Å². The van der Waals surface area contributed by atoms with Crippen molar-refractivity contribution >= 4 is 21.4 Å². The summed E-state index contributed by atoms with van der Waals surface area (Å²) in [4.78, 5) is 11.6. The molecule has 1 atom stereocenters. The molecule has 1 amide bonds. The van der Waals surface area contributed by atoms with Gasteiger partial charge in [-0.25, -0.2) is 12.8 Å². The van der Waals surface area contributed by atoms with E-state index >= 15 is 0 Å². The zero-order valence-corrected chi connectivity index (χ0v) is 11.2. The standard InChI is InChI=1S/C12H15FN2O3S/c1-7(12(16)15-9-3-4-9)19(17,18)11-5-2-8(13)6-10(11)14/h2,5-7,9H,3-4,14H2,1H3,(H,15,16). The van der Waals surface area contributed by atoms with Gasteiger partial charge in [0, 0.05) is 6.04 Å². The number of anilines is 1. The van der Waals surface area contributed by atoms with Gasteiger partial charge in [0.25, 0.3) is 0 Å². The first-order valence-electron chi connectivity index (χ1n) is 5.91. The number of rotatable bonds is 4. The minimum Gasteiger partial charge on any atom is -0.398 e. The maximum absolute atomic E-state index is 12.9. The second-order valence-corrected chi connectivity index (χ2v) is 6.89. The predicted molar refractivity (Wildman–Crippen MR) is 68.6 cm³/mol. The molecule has 2 rings (SSSR count). The molecule has 0 aliphatic heterocycles. The van der Waals surface area contributed by atoms with E-state index in [0.717, 1.165) is 31.0 Å². The number of nitrogens with one attached hydrogen (secondary N) is 1. The molecule has 3 N–H and O–H groups in total. The zero-order chi connectivity index (χ0) is 14.2. The molecule has 1 aliphatic carbocycles. The summed E-state index contributed by atoms with van der Waals surface area (Å²) in [6.07, 6.45) is 1.74. The molecule has 0 spiro atoms. The van der Waals surface area contributed by atoms with Gasteiger partial charge in [-0.15, -0.1) is 0 Å². The first-order valence-corrected chi connectivity index (χ1v) is 7.46. The predicted octanol–water partition coefficient (Wildman–Crippen LogP) is 0.849. The molecule has 0 heterocycles. The van der Waals surface area contributed by atoms with Crippen molar-refractivity contribution in [1.82, 2.24) is 5.32 Å². The molecule has 19 heavy (non-hydrogen) atoms. The number of carbonyl (C=O) groups is 1. The van der Waals surface area contributed by atoms with Crippen LogP contribution in [0.15, 0.2) is 23.1 Å². The molecule has 1 aromatic rings. The van der Waals surface area contributed by atoms with Crippen molar-refractivity contribution < 1.29 is 17.6 Å². The zero-order valence-electron chi connectivity index (χ0n) is 10.4. The van der Waals surface area contributed by atoms with E-state index in [1.54, 1.807) is 0 Å². The molecule has 1 aliphatic rings. The molecule has 1 aromatic carbocycles. The van der Waals surface area contributed by atoms with Crippen LogP contribution in [0.2, 0.25) is 0 Å². The molecule has 1 saturated carbocycles.